The molecule has 24 heavy (non-hydrogen) atoms. The molecule has 8 heteroatoms. The van der Waals surface area contributed by atoms with Crippen LogP contribution >= 0.6 is 46.3 Å². The Kier molecular flexibility index (Phi) is 5.61. The molecule has 4 nitrogen and oxygen atoms in total. The Balaban J connectivity index is 1.76. The number of thiophene rings is 1. The number of rotatable bonds is 6. The van der Waals surface area contributed by atoms with E-state index in [0.29, 0.717) is 15.6 Å². The zero-order valence-corrected chi connectivity index (χ0v) is 15.8. The predicted octanol–water partition coefficient (Wildman–Crippen LogP) is 5.31. The number of carbonyl (C=O) groups is 1. The Labute approximate surface area is 157 Å². The lowest BCUT2D eigenvalue weighted by Gasteiger charge is -2.06. The molecular weight excluding hydrogens is 385 g/mol. The van der Waals surface area contributed by atoms with Gasteiger partial charge in [-0.05, 0) is 36.6 Å². The van der Waals surface area contributed by atoms with Crippen LogP contribution in [0.5, 0.6) is 0 Å². The van der Waals surface area contributed by atoms with Crippen LogP contribution in [0.2, 0.25) is 10.0 Å². The van der Waals surface area contributed by atoms with Crippen LogP contribution in [0, 0.1) is 0 Å². The standard InChI is InChI=1S/C16H13Cl2N3OS2/c1-2-21-15(14-4-3-7-23-14)19-20-16(21)24-9-13(22)11-6-5-10(17)8-12(11)18/h3-8H,2,9H2,1H3. The number of ketones is 1. The zero-order chi connectivity index (χ0) is 17.1. The lowest BCUT2D eigenvalue weighted by atomic mass is 10.1. The van der Waals surface area contributed by atoms with Gasteiger partial charge in [0.25, 0.3) is 0 Å². The van der Waals surface area contributed by atoms with Gasteiger partial charge in [-0.25, -0.2) is 0 Å². The summed E-state index contributed by atoms with van der Waals surface area (Å²) >= 11 is 14.9. The van der Waals surface area contributed by atoms with Crippen LogP contribution in [-0.4, -0.2) is 26.3 Å². The summed E-state index contributed by atoms with van der Waals surface area (Å²) in [6, 6.07) is 8.87. The number of thioether (sulfide) groups is 1. The molecule has 3 aromatic rings. The molecule has 2 heterocycles. The maximum absolute atomic E-state index is 12.4. The highest BCUT2D eigenvalue weighted by Crippen LogP contribution is 2.28. The molecule has 0 saturated heterocycles. The molecule has 0 aliphatic carbocycles. The molecule has 0 bridgehead atoms. The summed E-state index contributed by atoms with van der Waals surface area (Å²) in [6.07, 6.45) is 0. The average molecular weight is 398 g/mol. The highest BCUT2D eigenvalue weighted by atomic mass is 35.5. The van der Waals surface area contributed by atoms with E-state index in [1.807, 2.05) is 29.0 Å². The molecule has 3 rings (SSSR count). The van der Waals surface area contributed by atoms with Gasteiger partial charge in [-0.2, -0.15) is 0 Å². The average Bonchev–Trinajstić information content (AvgIpc) is 3.21. The lowest BCUT2D eigenvalue weighted by molar-refractivity contribution is 0.102. The molecular formula is C16H13Cl2N3OS2. The van der Waals surface area contributed by atoms with Gasteiger partial charge >= 0.3 is 0 Å². The molecule has 0 fully saturated rings. The number of halogens is 2. The van der Waals surface area contributed by atoms with Crippen molar-refractivity contribution in [3.63, 3.8) is 0 Å². The van der Waals surface area contributed by atoms with Gasteiger partial charge in [-0.1, -0.05) is 41.0 Å². The van der Waals surface area contributed by atoms with Crippen molar-refractivity contribution in [2.45, 2.75) is 18.6 Å². The van der Waals surface area contributed by atoms with Gasteiger partial charge in [0.1, 0.15) is 0 Å². The number of hydrogen-bond donors (Lipinski definition) is 0. The van der Waals surface area contributed by atoms with Gasteiger partial charge in [-0.3, -0.25) is 4.79 Å². The SMILES string of the molecule is CCn1c(SCC(=O)c2ccc(Cl)cc2Cl)nnc1-c1cccs1. The third-order valence-electron chi connectivity index (χ3n) is 3.34. The molecule has 0 aliphatic rings. The minimum atomic E-state index is -0.0648. The minimum Gasteiger partial charge on any atom is -0.302 e. The van der Waals surface area contributed by atoms with Gasteiger partial charge in [0.05, 0.1) is 15.7 Å². The fourth-order valence-electron chi connectivity index (χ4n) is 2.19. The summed E-state index contributed by atoms with van der Waals surface area (Å²) in [4.78, 5) is 13.4. The van der Waals surface area contributed by atoms with Crippen LogP contribution < -0.4 is 0 Å². The smallest absolute Gasteiger partial charge is 0.191 e. The van der Waals surface area contributed by atoms with Crippen LogP contribution in [0.1, 0.15) is 17.3 Å². The summed E-state index contributed by atoms with van der Waals surface area (Å²) in [6.45, 7) is 2.76. The predicted molar refractivity (Wildman–Crippen MR) is 101 cm³/mol. The minimum absolute atomic E-state index is 0.0648. The Morgan fingerprint density at radius 1 is 1.29 bits per heavy atom. The van der Waals surface area contributed by atoms with Crippen molar-refractivity contribution >= 4 is 52.1 Å². The summed E-state index contributed by atoms with van der Waals surface area (Å²) in [5, 5.41) is 12.1. The molecule has 0 spiro atoms. The zero-order valence-electron chi connectivity index (χ0n) is 12.7. The maximum Gasteiger partial charge on any atom is 0.191 e. The highest BCUT2D eigenvalue weighted by Gasteiger charge is 2.17. The van der Waals surface area contributed by atoms with Crippen molar-refractivity contribution < 1.29 is 4.79 Å². The van der Waals surface area contributed by atoms with E-state index in [0.717, 1.165) is 22.4 Å². The van der Waals surface area contributed by atoms with Crippen LogP contribution in [0.4, 0.5) is 0 Å². The van der Waals surface area contributed by atoms with E-state index in [1.54, 1.807) is 29.5 Å². The second-order valence-electron chi connectivity index (χ2n) is 4.86. The number of Topliss-reactive ketones (excluding diaryl/α,β-unsaturated/α-hetero) is 1. The first kappa shape index (κ1) is 17.5. The molecule has 0 atom stereocenters. The second-order valence-corrected chi connectivity index (χ2v) is 7.60. The highest BCUT2D eigenvalue weighted by molar-refractivity contribution is 7.99. The van der Waals surface area contributed by atoms with E-state index in [1.165, 1.54) is 11.8 Å². The topological polar surface area (TPSA) is 47.8 Å². The van der Waals surface area contributed by atoms with E-state index < -0.39 is 0 Å². The summed E-state index contributed by atoms with van der Waals surface area (Å²) in [7, 11) is 0. The molecule has 0 aliphatic heterocycles. The Bertz CT molecular complexity index is 862. The summed E-state index contributed by atoms with van der Waals surface area (Å²) < 4.78 is 2.01. The van der Waals surface area contributed by atoms with Crippen molar-refractivity contribution in [1.29, 1.82) is 0 Å². The first-order chi connectivity index (χ1) is 11.6. The number of nitrogens with zero attached hydrogens (tertiary/aromatic N) is 3. The van der Waals surface area contributed by atoms with E-state index in [2.05, 4.69) is 10.2 Å². The molecule has 2 aromatic heterocycles. The molecule has 0 N–H and O–H groups in total. The Morgan fingerprint density at radius 2 is 2.12 bits per heavy atom. The van der Waals surface area contributed by atoms with E-state index in [-0.39, 0.29) is 11.5 Å². The number of hydrogen-bond acceptors (Lipinski definition) is 5. The van der Waals surface area contributed by atoms with Gasteiger partial charge in [-0.15, -0.1) is 21.5 Å². The molecule has 0 radical (unpaired) electrons. The fraction of sp³-hybridized carbons (Fsp3) is 0.188. The third kappa shape index (κ3) is 3.67. The maximum atomic E-state index is 12.4. The number of carbonyl (C=O) groups excluding carboxylic acids is 1. The molecule has 1 aromatic carbocycles. The van der Waals surface area contributed by atoms with Gasteiger partial charge in [0.15, 0.2) is 16.8 Å². The quantitative estimate of drug-likeness (QED) is 0.417. The van der Waals surface area contributed by atoms with Crippen molar-refractivity contribution in [3.05, 3.63) is 51.3 Å². The first-order valence-electron chi connectivity index (χ1n) is 7.18. The van der Waals surface area contributed by atoms with Gasteiger partial charge in [0.2, 0.25) is 0 Å². The first-order valence-corrected chi connectivity index (χ1v) is 9.80. The summed E-state index contributed by atoms with van der Waals surface area (Å²) in [5.74, 6) is 1.00. The molecule has 0 amide bonds. The van der Waals surface area contributed by atoms with Gasteiger partial charge in [0, 0.05) is 17.1 Å². The van der Waals surface area contributed by atoms with Crippen molar-refractivity contribution in [3.8, 4) is 10.7 Å². The van der Waals surface area contributed by atoms with Crippen LogP contribution in [0.3, 0.4) is 0 Å². The Hall–Kier alpha value is -1.34. The number of aromatic nitrogens is 3. The lowest BCUT2D eigenvalue weighted by Crippen LogP contribution is -2.05. The van der Waals surface area contributed by atoms with E-state index in [4.69, 9.17) is 23.2 Å². The largest absolute Gasteiger partial charge is 0.302 e. The van der Waals surface area contributed by atoms with Crippen molar-refractivity contribution in [2.24, 2.45) is 0 Å². The molecule has 124 valence electrons. The fourth-order valence-corrected chi connectivity index (χ4v) is 4.31. The second kappa shape index (κ2) is 7.70. The van der Waals surface area contributed by atoms with E-state index >= 15 is 0 Å². The Morgan fingerprint density at radius 3 is 2.79 bits per heavy atom. The molecule has 0 unspecified atom stereocenters. The van der Waals surface area contributed by atoms with Gasteiger partial charge < -0.3 is 4.57 Å². The van der Waals surface area contributed by atoms with Crippen LogP contribution in [-0.2, 0) is 6.54 Å². The van der Waals surface area contributed by atoms with Crippen LogP contribution in [0.15, 0.2) is 40.9 Å². The van der Waals surface area contributed by atoms with Crippen LogP contribution in [0.25, 0.3) is 10.7 Å². The summed E-state index contributed by atoms with van der Waals surface area (Å²) in [5.41, 5.74) is 0.467. The van der Waals surface area contributed by atoms with E-state index in [9.17, 15) is 4.79 Å². The number of benzene rings is 1. The third-order valence-corrected chi connectivity index (χ3v) is 5.72. The van der Waals surface area contributed by atoms with Crippen molar-refractivity contribution in [1.82, 2.24) is 14.8 Å². The molecule has 0 saturated carbocycles. The normalized spacial score (nSPS) is 11.0. The monoisotopic (exact) mass is 397 g/mol. The van der Waals surface area contributed by atoms with Crippen molar-refractivity contribution in [2.75, 3.05) is 5.75 Å².